The number of rotatable bonds is 7. The molecule has 2 N–H and O–H groups in total. The summed E-state index contributed by atoms with van der Waals surface area (Å²) >= 11 is 0. The molecule has 0 unspecified atom stereocenters. The molecule has 3 atom stereocenters. The van der Waals surface area contributed by atoms with Crippen LogP contribution in [-0.4, -0.2) is 47.2 Å². The number of benzene rings is 1. The van der Waals surface area contributed by atoms with Gasteiger partial charge in [-0.15, -0.1) is 0 Å². The average molecular weight is 330 g/mol. The molecule has 4 heteroatoms. The monoisotopic (exact) mass is 330 g/mol. The molecule has 24 heavy (non-hydrogen) atoms. The van der Waals surface area contributed by atoms with Crippen LogP contribution in [0.25, 0.3) is 0 Å². The highest BCUT2D eigenvalue weighted by Crippen LogP contribution is 2.51. The topological polar surface area (TPSA) is 52.6 Å². The average Bonchev–Trinajstić information content (AvgIpc) is 3.08. The minimum Gasteiger partial charge on any atom is -0.396 e. The van der Waals surface area contributed by atoms with E-state index in [2.05, 4.69) is 34.5 Å². The third kappa shape index (κ3) is 3.50. The number of hydrogen-bond acceptors (Lipinski definition) is 3. The van der Waals surface area contributed by atoms with Crippen LogP contribution in [-0.2, 0) is 11.2 Å². The molecule has 0 radical (unpaired) electrons. The number of aliphatic hydroxyl groups is 1. The van der Waals surface area contributed by atoms with E-state index in [1.807, 2.05) is 19.9 Å². The Kier molecular flexibility index (Phi) is 5.26. The van der Waals surface area contributed by atoms with Crippen LogP contribution in [0, 0.1) is 5.41 Å². The Balaban J connectivity index is 1.66. The summed E-state index contributed by atoms with van der Waals surface area (Å²) in [7, 11) is 0. The zero-order chi connectivity index (χ0) is 17.2. The second kappa shape index (κ2) is 7.24. The Morgan fingerprint density at radius 3 is 2.75 bits per heavy atom. The molecule has 2 aliphatic rings. The smallest absolute Gasteiger partial charge is 0.221 e. The van der Waals surface area contributed by atoms with E-state index < -0.39 is 0 Å². The number of aliphatic hydroxyl groups excluding tert-OH is 1. The van der Waals surface area contributed by atoms with Crippen LogP contribution in [0.5, 0.6) is 0 Å². The predicted molar refractivity (Wildman–Crippen MR) is 95.7 cm³/mol. The largest absolute Gasteiger partial charge is 0.396 e. The lowest BCUT2D eigenvalue weighted by atomic mass is 9.70. The predicted octanol–water partition coefficient (Wildman–Crippen LogP) is 2.36. The third-order valence-electron chi connectivity index (χ3n) is 5.75. The summed E-state index contributed by atoms with van der Waals surface area (Å²) in [6, 6.07) is 11.6. The van der Waals surface area contributed by atoms with Gasteiger partial charge in [-0.1, -0.05) is 30.3 Å². The maximum atomic E-state index is 12.0. The second-order valence-corrected chi connectivity index (χ2v) is 7.84. The summed E-state index contributed by atoms with van der Waals surface area (Å²) < 4.78 is 0. The van der Waals surface area contributed by atoms with E-state index in [0.29, 0.717) is 18.5 Å². The van der Waals surface area contributed by atoms with Gasteiger partial charge in [-0.3, -0.25) is 9.69 Å². The van der Waals surface area contributed by atoms with E-state index >= 15 is 0 Å². The van der Waals surface area contributed by atoms with E-state index in [9.17, 15) is 9.90 Å². The van der Waals surface area contributed by atoms with Gasteiger partial charge >= 0.3 is 0 Å². The van der Waals surface area contributed by atoms with Crippen LogP contribution in [0.1, 0.15) is 45.1 Å². The normalized spacial score (nSPS) is 29.3. The first kappa shape index (κ1) is 17.4. The quantitative estimate of drug-likeness (QED) is 0.807. The van der Waals surface area contributed by atoms with Gasteiger partial charge in [0.1, 0.15) is 0 Å². The molecule has 1 amide bonds. The van der Waals surface area contributed by atoms with Crippen molar-refractivity contribution in [2.45, 2.75) is 64.1 Å². The lowest BCUT2D eigenvalue weighted by Gasteiger charge is -2.36. The number of hydrogen-bond donors (Lipinski definition) is 2. The number of nitrogens with one attached hydrogen (secondary N) is 1. The van der Waals surface area contributed by atoms with Gasteiger partial charge in [0.25, 0.3) is 0 Å². The Bertz CT molecular complexity index is 560. The van der Waals surface area contributed by atoms with Crippen molar-refractivity contribution in [3.63, 3.8) is 0 Å². The van der Waals surface area contributed by atoms with Gasteiger partial charge in [0.2, 0.25) is 5.91 Å². The van der Waals surface area contributed by atoms with Gasteiger partial charge in [-0.25, -0.2) is 0 Å². The Morgan fingerprint density at radius 2 is 2.08 bits per heavy atom. The van der Waals surface area contributed by atoms with Crippen molar-refractivity contribution < 1.29 is 9.90 Å². The molecule has 3 rings (SSSR count). The standard InChI is InChI=1S/C20H30N2O2/c1-15(2)21-19(24)10-11-22-17-8-9-18(22)20(13-17,14-23)12-16-6-4-3-5-7-16/h3-7,15,17-18,23H,8-14H2,1-2H3,(H,21,24)/t17-,18+,20-/m1/s1. The molecule has 0 aliphatic carbocycles. The zero-order valence-electron chi connectivity index (χ0n) is 14.9. The summed E-state index contributed by atoms with van der Waals surface area (Å²) in [6.45, 7) is 5.03. The number of carbonyl (C=O) groups excluding carboxylic acids is 1. The van der Waals surface area contributed by atoms with E-state index in [4.69, 9.17) is 0 Å². The second-order valence-electron chi connectivity index (χ2n) is 7.84. The highest BCUT2D eigenvalue weighted by Gasteiger charge is 2.55. The van der Waals surface area contributed by atoms with Crippen molar-refractivity contribution in [3.8, 4) is 0 Å². The van der Waals surface area contributed by atoms with Gasteiger partial charge in [-0.2, -0.15) is 0 Å². The molecule has 0 aromatic heterocycles. The molecule has 2 saturated heterocycles. The number of amides is 1. The number of nitrogens with zero attached hydrogens (tertiary/aromatic N) is 1. The van der Waals surface area contributed by atoms with Crippen LogP contribution in [0.3, 0.4) is 0 Å². The summed E-state index contributed by atoms with van der Waals surface area (Å²) in [6.07, 6.45) is 4.88. The Hall–Kier alpha value is -1.39. The number of carbonyl (C=O) groups is 1. The number of fused-ring (bicyclic) bond motifs is 2. The van der Waals surface area contributed by atoms with E-state index in [1.54, 1.807) is 0 Å². The first-order valence-electron chi connectivity index (χ1n) is 9.24. The van der Waals surface area contributed by atoms with Gasteiger partial charge in [-0.05, 0) is 45.1 Å². The fraction of sp³-hybridized carbons (Fsp3) is 0.650. The van der Waals surface area contributed by atoms with Crippen LogP contribution < -0.4 is 5.32 Å². The lowest BCUT2D eigenvalue weighted by molar-refractivity contribution is -0.122. The highest BCUT2D eigenvalue weighted by molar-refractivity contribution is 5.76. The van der Waals surface area contributed by atoms with Crippen LogP contribution in [0.4, 0.5) is 0 Å². The summed E-state index contributed by atoms with van der Waals surface area (Å²) in [4.78, 5) is 14.5. The molecular formula is C20H30N2O2. The van der Waals surface area contributed by atoms with Crippen molar-refractivity contribution in [2.75, 3.05) is 13.2 Å². The van der Waals surface area contributed by atoms with Gasteiger partial charge in [0.05, 0.1) is 6.61 Å². The molecule has 2 fully saturated rings. The highest BCUT2D eigenvalue weighted by atomic mass is 16.3. The molecule has 2 bridgehead atoms. The van der Waals surface area contributed by atoms with Crippen LogP contribution in [0.15, 0.2) is 30.3 Å². The van der Waals surface area contributed by atoms with Crippen LogP contribution in [0.2, 0.25) is 0 Å². The summed E-state index contributed by atoms with van der Waals surface area (Å²) in [5, 5.41) is 13.2. The lowest BCUT2D eigenvalue weighted by Crippen LogP contribution is -2.43. The van der Waals surface area contributed by atoms with Crippen molar-refractivity contribution in [1.82, 2.24) is 10.2 Å². The van der Waals surface area contributed by atoms with Gasteiger partial charge in [0.15, 0.2) is 0 Å². The Morgan fingerprint density at radius 1 is 1.33 bits per heavy atom. The van der Waals surface area contributed by atoms with Gasteiger partial charge < -0.3 is 10.4 Å². The molecule has 1 aromatic carbocycles. The van der Waals surface area contributed by atoms with Crippen molar-refractivity contribution in [1.29, 1.82) is 0 Å². The molecule has 132 valence electrons. The molecule has 4 nitrogen and oxygen atoms in total. The molecular weight excluding hydrogens is 300 g/mol. The minimum atomic E-state index is -0.0429. The third-order valence-corrected chi connectivity index (χ3v) is 5.75. The van der Waals surface area contributed by atoms with Gasteiger partial charge in [0, 0.05) is 36.5 Å². The van der Waals surface area contributed by atoms with E-state index in [0.717, 1.165) is 25.8 Å². The summed E-state index contributed by atoms with van der Waals surface area (Å²) in [5.41, 5.74) is 1.26. The first-order valence-corrected chi connectivity index (χ1v) is 9.24. The van der Waals surface area contributed by atoms with E-state index in [-0.39, 0.29) is 24.0 Å². The molecule has 0 spiro atoms. The zero-order valence-corrected chi connectivity index (χ0v) is 14.9. The van der Waals surface area contributed by atoms with Crippen LogP contribution >= 0.6 is 0 Å². The molecule has 2 aliphatic heterocycles. The SMILES string of the molecule is CC(C)NC(=O)CCN1[C@@H]2CC[C@H]1[C@](CO)(Cc1ccccc1)C2. The fourth-order valence-corrected chi connectivity index (χ4v) is 4.80. The Labute approximate surface area is 145 Å². The molecule has 1 aromatic rings. The maximum Gasteiger partial charge on any atom is 0.221 e. The molecule has 2 heterocycles. The molecule has 0 saturated carbocycles. The maximum absolute atomic E-state index is 12.0. The van der Waals surface area contributed by atoms with Crippen molar-refractivity contribution in [2.24, 2.45) is 5.41 Å². The fourth-order valence-electron chi connectivity index (χ4n) is 4.80. The first-order chi connectivity index (χ1) is 11.5. The van der Waals surface area contributed by atoms with E-state index in [1.165, 1.54) is 12.0 Å². The minimum absolute atomic E-state index is 0.0429. The summed E-state index contributed by atoms with van der Waals surface area (Å²) in [5.74, 6) is 0.133. The van der Waals surface area contributed by atoms with Crippen molar-refractivity contribution in [3.05, 3.63) is 35.9 Å². The van der Waals surface area contributed by atoms with Crippen molar-refractivity contribution >= 4 is 5.91 Å².